The normalized spacial score (nSPS) is 10.6. The van der Waals surface area contributed by atoms with E-state index in [2.05, 4.69) is 31.4 Å². The Kier molecular flexibility index (Phi) is 5.00. The van der Waals surface area contributed by atoms with E-state index in [1.165, 1.54) is 12.1 Å². The molecule has 2 aromatic carbocycles. The van der Waals surface area contributed by atoms with Crippen LogP contribution in [0.3, 0.4) is 0 Å². The highest BCUT2D eigenvalue weighted by molar-refractivity contribution is 9.10. The maximum absolute atomic E-state index is 12.9. The second-order valence-electron chi connectivity index (χ2n) is 5.02. The lowest BCUT2D eigenvalue weighted by atomic mass is 10.2. The molecule has 0 atom stereocenters. The van der Waals surface area contributed by atoms with Gasteiger partial charge in [0.15, 0.2) is 0 Å². The van der Waals surface area contributed by atoms with Crippen molar-refractivity contribution in [2.75, 3.05) is 6.54 Å². The van der Waals surface area contributed by atoms with Crippen LogP contribution < -0.4 is 5.32 Å². The van der Waals surface area contributed by atoms with Gasteiger partial charge < -0.3 is 9.73 Å². The largest absolute Gasteiger partial charge is 0.421 e. The molecule has 1 aromatic heterocycles. The third-order valence-electron chi connectivity index (χ3n) is 3.29. The van der Waals surface area contributed by atoms with Crippen molar-refractivity contribution in [3.63, 3.8) is 0 Å². The predicted octanol–water partition coefficient (Wildman–Crippen LogP) is 3.61. The average molecular weight is 390 g/mol. The van der Waals surface area contributed by atoms with E-state index in [1.54, 1.807) is 24.3 Å². The van der Waals surface area contributed by atoms with Crippen molar-refractivity contribution in [1.29, 1.82) is 0 Å². The summed E-state index contributed by atoms with van der Waals surface area (Å²) in [5.41, 5.74) is 1.23. The first-order valence-corrected chi connectivity index (χ1v) is 8.03. The van der Waals surface area contributed by atoms with Gasteiger partial charge in [-0.25, -0.2) is 4.39 Å². The minimum Gasteiger partial charge on any atom is -0.421 e. The molecule has 0 saturated heterocycles. The van der Waals surface area contributed by atoms with Gasteiger partial charge in [0.1, 0.15) is 5.82 Å². The smallest absolute Gasteiger partial charge is 0.251 e. The van der Waals surface area contributed by atoms with Gasteiger partial charge in [-0.2, -0.15) is 0 Å². The summed E-state index contributed by atoms with van der Waals surface area (Å²) in [5, 5.41) is 10.6. The molecular formula is C17H13BrFN3O2. The summed E-state index contributed by atoms with van der Waals surface area (Å²) in [6.45, 7) is 0.375. The fourth-order valence-electron chi connectivity index (χ4n) is 2.05. The lowest BCUT2D eigenvalue weighted by molar-refractivity contribution is 0.0953. The highest BCUT2D eigenvalue weighted by Crippen LogP contribution is 2.18. The zero-order valence-electron chi connectivity index (χ0n) is 12.5. The van der Waals surface area contributed by atoms with Crippen LogP contribution in [-0.4, -0.2) is 22.6 Å². The maximum Gasteiger partial charge on any atom is 0.251 e. The van der Waals surface area contributed by atoms with Crippen LogP contribution in [0, 0.1) is 5.82 Å². The molecule has 0 fully saturated rings. The molecule has 0 bridgehead atoms. The number of nitrogens with zero attached hydrogens (tertiary/aromatic N) is 2. The molecule has 3 rings (SSSR count). The van der Waals surface area contributed by atoms with E-state index >= 15 is 0 Å². The predicted molar refractivity (Wildman–Crippen MR) is 89.9 cm³/mol. The van der Waals surface area contributed by atoms with Crippen LogP contribution in [0.5, 0.6) is 0 Å². The molecule has 24 heavy (non-hydrogen) atoms. The summed E-state index contributed by atoms with van der Waals surface area (Å²) in [7, 11) is 0. The van der Waals surface area contributed by atoms with Gasteiger partial charge in [-0.1, -0.05) is 15.9 Å². The van der Waals surface area contributed by atoms with E-state index in [1.807, 2.05) is 12.1 Å². The van der Waals surface area contributed by atoms with E-state index in [0.717, 1.165) is 4.47 Å². The number of aromatic nitrogens is 2. The molecular weight excluding hydrogens is 377 g/mol. The SMILES string of the molecule is O=C(NCCc1nnc(-c2ccc(F)cc2)o1)c1ccc(Br)cc1. The second-order valence-corrected chi connectivity index (χ2v) is 5.94. The van der Waals surface area contributed by atoms with Gasteiger partial charge in [-0.05, 0) is 48.5 Å². The first-order valence-electron chi connectivity index (χ1n) is 7.24. The van der Waals surface area contributed by atoms with Crippen LogP contribution in [-0.2, 0) is 6.42 Å². The molecule has 7 heteroatoms. The molecule has 1 N–H and O–H groups in total. The van der Waals surface area contributed by atoms with Crippen molar-refractivity contribution in [2.45, 2.75) is 6.42 Å². The van der Waals surface area contributed by atoms with Gasteiger partial charge in [0.25, 0.3) is 5.91 Å². The highest BCUT2D eigenvalue weighted by Gasteiger charge is 2.10. The van der Waals surface area contributed by atoms with E-state index < -0.39 is 0 Å². The molecule has 0 spiro atoms. The Morgan fingerprint density at radius 2 is 1.79 bits per heavy atom. The summed E-state index contributed by atoms with van der Waals surface area (Å²) in [6.07, 6.45) is 0.413. The van der Waals surface area contributed by atoms with Crippen molar-refractivity contribution >= 4 is 21.8 Å². The number of halogens is 2. The lowest BCUT2D eigenvalue weighted by Gasteiger charge is -2.03. The summed E-state index contributed by atoms with van der Waals surface area (Å²) in [5.74, 6) is 0.240. The third kappa shape index (κ3) is 4.05. The zero-order chi connectivity index (χ0) is 16.9. The number of nitrogens with one attached hydrogen (secondary N) is 1. The highest BCUT2D eigenvalue weighted by atomic mass is 79.9. The Morgan fingerprint density at radius 3 is 2.50 bits per heavy atom. The molecule has 122 valence electrons. The van der Waals surface area contributed by atoms with Crippen LogP contribution in [0.15, 0.2) is 57.4 Å². The quantitative estimate of drug-likeness (QED) is 0.723. The van der Waals surface area contributed by atoms with Gasteiger partial charge in [-0.3, -0.25) is 4.79 Å². The standard InChI is InChI=1S/C17H13BrFN3O2/c18-13-5-1-11(2-6-13)16(23)20-10-9-15-21-22-17(24-15)12-3-7-14(19)8-4-12/h1-8H,9-10H2,(H,20,23). The number of carbonyl (C=O) groups excluding carboxylic acids is 1. The molecule has 0 unspecified atom stereocenters. The number of hydrogen-bond acceptors (Lipinski definition) is 4. The van der Waals surface area contributed by atoms with E-state index in [9.17, 15) is 9.18 Å². The van der Waals surface area contributed by atoms with Crippen molar-refractivity contribution < 1.29 is 13.6 Å². The Labute approximate surface area is 146 Å². The zero-order valence-corrected chi connectivity index (χ0v) is 14.1. The maximum atomic E-state index is 12.9. The third-order valence-corrected chi connectivity index (χ3v) is 3.82. The van der Waals surface area contributed by atoms with Crippen LogP contribution in [0.4, 0.5) is 4.39 Å². The van der Waals surface area contributed by atoms with Gasteiger partial charge >= 0.3 is 0 Å². The molecule has 1 amide bonds. The van der Waals surface area contributed by atoms with Gasteiger partial charge in [0, 0.05) is 28.6 Å². The summed E-state index contributed by atoms with van der Waals surface area (Å²) >= 11 is 3.32. The molecule has 0 aliphatic carbocycles. The van der Waals surface area contributed by atoms with Gasteiger partial charge in [0.2, 0.25) is 11.8 Å². The van der Waals surface area contributed by atoms with E-state index in [4.69, 9.17) is 4.42 Å². The Morgan fingerprint density at radius 1 is 1.08 bits per heavy atom. The Balaban J connectivity index is 1.55. The van der Waals surface area contributed by atoms with Crippen molar-refractivity contribution in [2.24, 2.45) is 0 Å². The Bertz CT molecular complexity index is 832. The number of amides is 1. The first-order chi connectivity index (χ1) is 11.6. The van der Waals surface area contributed by atoms with Gasteiger partial charge in [-0.15, -0.1) is 10.2 Å². The summed E-state index contributed by atoms with van der Waals surface area (Å²) in [6, 6.07) is 12.9. The first kappa shape index (κ1) is 16.3. The van der Waals surface area contributed by atoms with Gasteiger partial charge in [0.05, 0.1) is 0 Å². The van der Waals surface area contributed by atoms with E-state index in [-0.39, 0.29) is 11.7 Å². The molecule has 0 aliphatic heterocycles. The molecule has 5 nitrogen and oxygen atoms in total. The minimum absolute atomic E-state index is 0.166. The second kappa shape index (κ2) is 7.35. The molecule has 0 aliphatic rings. The average Bonchev–Trinajstić information content (AvgIpc) is 3.05. The van der Waals surface area contributed by atoms with Crippen LogP contribution in [0.25, 0.3) is 11.5 Å². The monoisotopic (exact) mass is 389 g/mol. The molecule has 0 radical (unpaired) electrons. The summed E-state index contributed by atoms with van der Waals surface area (Å²) in [4.78, 5) is 12.0. The van der Waals surface area contributed by atoms with E-state index in [0.29, 0.717) is 35.9 Å². The number of hydrogen-bond donors (Lipinski definition) is 1. The van der Waals surface area contributed by atoms with Crippen molar-refractivity contribution in [1.82, 2.24) is 15.5 Å². The van der Waals surface area contributed by atoms with Crippen LogP contribution >= 0.6 is 15.9 Å². The molecule has 3 aromatic rings. The molecule has 1 heterocycles. The topological polar surface area (TPSA) is 68.0 Å². The fourth-order valence-corrected chi connectivity index (χ4v) is 2.31. The number of benzene rings is 2. The minimum atomic E-state index is -0.325. The number of carbonyl (C=O) groups is 1. The van der Waals surface area contributed by atoms with Crippen LogP contribution in [0.2, 0.25) is 0 Å². The van der Waals surface area contributed by atoms with Crippen LogP contribution in [0.1, 0.15) is 16.2 Å². The number of rotatable bonds is 5. The lowest BCUT2D eigenvalue weighted by Crippen LogP contribution is -2.25. The fraction of sp³-hybridized carbons (Fsp3) is 0.118. The summed E-state index contributed by atoms with van der Waals surface area (Å²) < 4.78 is 19.3. The molecule has 0 saturated carbocycles. The van der Waals surface area contributed by atoms with Crippen molar-refractivity contribution in [3.05, 3.63) is 70.3 Å². The Hall–Kier alpha value is -2.54. The van der Waals surface area contributed by atoms with Crippen molar-refractivity contribution in [3.8, 4) is 11.5 Å².